The first kappa shape index (κ1) is 14.1. The van der Waals surface area contributed by atoms with E-state index in [-0.39, 0.29) is 18.9 Å². The quantitative estimate of drug-likeness (QED) is 0.562. The number of rotatable bonds is 5. The van der Waals surface area contributed by atoms with Gasteiger partial charge < -0.3 is 4.90 Å². The van der Waals surface area contributed by atoms with Crippen LogP contribution in [0.2, 0.25) is 0 Å². The second-order valence-electron chi connectivity index (χ2n) is 3.62. The first-order chi connectivity index (χ1) is 6.66. The third kappa shape index (κ3) is 4.94. The smallest absolute Gasteiger partial charge is 0.267 e. The molecular formula is C9H17NO4S. The van der Waals surface area contributed by atoms with Gasteiger partial charge in [0.15, 0.2) is 0 Å². The van der Waals surface area contributed by atoms with E-state index in [9.17, 15) is 13.2 Å². The Morgan fingerprint density at radius 3 is 2.33 bits per heavy atom. The lowest BCUT2D eigenvalue weighted by Gasteiger charge is -2.18. The third-order valence-corrected chi connectivity index (χ3v) is 3.34. The Labute approximate surface area is 90.5 Å². The van der Waals surface area contributed by atoms with Crippen molar-refractivity contribution in [1.82, 2.24) is 4.90 Å². The molecular weight excluding hydrogens is 218 g/mol. The average molecular weight is 235 g/mol. The molecule has 0 aliphatic carbocycles. The summed E-state index contributed by atoms with van der Waals surface area (Å²) in [4.78, 5) is 12.7. The largest absolute Gasteiger partial charge is 0.342 e. The summed E-state index contributed by atoms with van der Waals surface area (Å²) in [6.07, 6.45) is 0.203. The zero-order valence-electron chi connectivity index (χ0n) is 9.23. The van der Waals surface area contributed by atoms with E-state index < -0.39 is 15.4 Å². The van der Waals surface area contributed by atoms with Crippen molar-refractivity contribution >= 4 is 16.0 Å². The molecule has 0 spiro atoms. The van der Waals surface area contributed by atoms with Gasteiger partial charge in [-0.3, -0.25) is 9.35 Å². The van der Waals surface area contributed by atoms with Gasteiger partial charge in [0.05, 0.1) is 5.25 Å². The van der Waals surface area contributed by atoms with Crippen LogP contribution in [0.3, 0.4) is 0 Å². The number of hydrogen-bond acceptors (Lipinski definition) is 3. The molecule has 1 amide bonds. The molecule has 0 aromatic rings. The van der Waals surface area contributed by atoms with Gasteiger partial charge in [0.1, 0.15) is 0 Å². The second kappa shape index (κ2) is 5.27. The van der Waals surface area contributed by atoms with Crippen molar-refractivity contribution in [3.05, 3.63) is 12.2 Å². The van der Waals surface area contributed by atoms with Crippen LogP contribution in [0.25, 0.3) is 0 Å². The molecule has 0 bridgehead atoms. The number of carbonyl (C=O) groups is 1. The van der Waals surface area contributed by atoms with Gasteiger partial charge >= 0.3 is 0 Å². The molecule has 0 aromatic heterocycles. The molecule has 15 heavy (non-hydrogen) atoms. The minimum atomic E-state index is -4.00. The summed E-state index contributed by atoms with van der Waals surface area (Å²) >= 11 is 0. The lowest BCUT2D eigenvalue weighted by Crippen LogP contribution is -2.31. The Hall–Kier alpha value is -0.880. The first-order valence-corrected chi connectivity index (χ1v) is 6.04. The molecule has 0 saturated heterocycles. The van der Waals surface area contributed by atoms with Crippen molar-refractivity contribution in [2.24, 2.45) is 0 Å². The maximum absolute atomic E-state index is 11.3. The molecule has 0 heterocycles. The number of likely N-dealkylation sites (N-methyl/N-ethyl adjacent to an activating group) is 1. The average Bonchev–Trinajstić information content (AvgIpc) is 2.10. The maximum Gasteiger partial charge on any atom is 0.267 e. The molecule has 0 saturated carbocycles. The van der Waals surface area contributed by atoms with Crippen molar-refractivity contribution in [3.8, 4) is 0 Å². The zero-order valence-corrected chi connectivity index (χ0v) is 10.0. The maximum atomic E-state index is 11.3. The van der Waals surface area contributed by atoms with Crippen molar-refractivity contribution in [3.63, 3.8) is 0 Å². The first-order valence-electron chi connectivity index (χ1n) is 4.53. The van der Waals surface area contributed by atoms with E-state index in [2.05, 4.69) is 6.58 Å². The number of hydrogen-bond donors (Lipinski definition) is 1. The van der Waals surface area contributed by atoms with Gasteiger partial charge in [-0.2, -0.15) is 8.42 Å². The van der Waals surface area contributed by atoms with Crippen LogP contribution in [0.15, 0.2) is 12.2 Å². The summed E-state index contributed by atoms with van der Waals surface area (Å²) in [6.45, 7) is 6.75. The molecule has 88 valence electrons. The highest BCUT2D eigenvalue weighted by molar-refractivity contribution is 7.86. The van der Waals surface area contributed by atoms with Crippen LogP contribution < -0.4 is 0 Å². The van der Waals surface area contributed by atoms with E-state index in [1.165, 1.54) is 11.8 Å². The summed E-state index contributed by atoms with van der Waals surface area (Å²) in [5.41, 5.74) is 0.400. The topological polar surface area (TPSA) is 74.7 Å². The monoisotopic (exact) mass is 235 g/mol. The molecule has 0 fully saturated rings. The molecule has 6 heteroatoms. The summed E-state index contributed by atoms with van der Waals surface area (Å²) in [5.74, 6) is -0.225. The molecule has 0 rings (SSSR count). The van der Waals surface area contributed by atoms with Gasteiger partial charge in [0.2, 0.25) is 5.91 Å². The highest BCUT2D eigenvalue weighted by atomic mass is 32.2. The third-order valence-electron chi connectivity index (χ3n) is 2.09. The summed E-state index contributed by atoms with van der Waals surface area (Å²) in [5, 5.41) is -0.863. The fourth-order valence-corrected chi connectivity index (χ4v) is 1.36. The van der Waals surface area contributed by atoms with Crippen LogP contribution in [0.4, 0.5) is 0 Å². The molecule has 0 aliphatic rings. The molecule has 1 N–H and O–H groups in total. The van der Waals surface area contributed by atoms with E-state index >= 15 is 0 Å². The molecule has 5 nitrogen and oxygen atoms in total. The summed E-state index contributed by atoms with van der Waals surface area (Å²) < 4.78 is 30.1. The van der Waals surface area contributed by atoms with E-state index in [4.69, 9.17) is 4.55 Å². The van der Waals surface area contributed by atoms with E-state index in [1.54, 1.807) is 14.0 Å². The second-order valence-corrected chi connectivity index (χ2v) is 5.46. The van der Waals surface area contributed by atoms with E-state index in [0.29, 0.717) is 5.57 Å². The van der Waals surface area contributed by atoms with Crippen molar-refractivity contribution in [2.75, 3.05) is 13.6 Å². The highest BCUT2D eigenvalue weighted by Gasteiger charge is 2.18. The van der Waals surface area contributed by atoms with E-state index in [0.717, 1.165) is 0 Å². The van der Waals surface area contributed by atoms with Gasteiger partial charge in [-0.05, 0) is 20.3 Å². The van der Waals surface area contributed by atoms with Crippen LogP contribution in [-0.4, -0.2) is 42.6 Å². The Morgan fingerprint density at radius 1 is 1.53 bits per heavy atom. The zero-order chi connectivity index (χ0) is 12.2. The van der Waals surface area contributed by atoms with Gasteiger partial charge in [-0.15, -0.1) is 0 Å². The Balaban J connectivity index is 4.19. The van der Waals surface area contributed by atoms with Crippen LogP contribution in [0.5, 0.6) is 0 Å². The Kier molecular flexibility index (Phi) is 4.96. The van der Waals surface area contributed by atoms with Crippen LogP contribution in [0, 0.1) is 0 Å². The SMILES string of the molecule is C=C(C)C(=O)N(C)CCC(C)S(=O)(=O)O. The molecule has 0 aromatic carbocycles. The van der Waals surface area contributed by atoms with Crippen molar-refractivity contribution in [1.29, 1.82) is 0 Å². The van der Waals surface area contributed by atoms with Crippen LogP contribution in [0.1, 0.15) is 20.3 Å². The predicted octanol–water partition coefficient (Wildman–Crippen LogP) is 0.687. The predicted molar refractivity (Wildman–Crippen MR) is 58.1 cm³/mol. The van der Waals surface area contributed by atoms with Crippen LogP contribution in [-0.2, 0) is 14.9 Å². The highest BCUT2D eigenvalue weighted by Crippen LogP contribution is 2.05. The van der Waals surface area contributed by atoms with E-state index in [1.807, 2.05) is 0 Å². The van der Waals surface area contributed by atoms with Crippen molar-refractivity contribution in [2.45, 2.75) is 25.5 Å². The number of nitrogens with zero attached hydrogens (tertiary/aromatic N) is 1. The molecule has 1 atom stereocenters. The lowest BCUT2D eigenvalue weighted by molar-refractivity contribution is -0.125. The minimum Gasteiger partial charge on any atom is -0.342 e. The van der Waals surface area contributed by atoms with Crippen LogP contribution >= 0.6 is 0 Å². The standard InChI is InChI=1S/C9H17NO4S/c1-7(2)9(11)10(4)6-5-8(3)15(12,13)14/h8H,1,5-6H2,2-4H3,(H,12,13,14). The summed E-state index contributed by atoms with van der Waals surface area (Å²) in [6, 6.07) is 0. The molecule has 0 radical (unpaired) electrons. The van der Waals surface area contributed by atoms with Gasteiger partial charge in [0.25, 0.3) is 10.1 Å². The Morgan fingerprint density at radius 2 is 2.00 bits per heavy atom. The summed E-state index contributed by atoms with van der Waals surface area (Å²) in [7, 11) is -2.44. The minimum absolute atomic E-state index is 0.203. The fourth-order valence-electron chi connectivity index (χ4n) is 0.952. The van der Waals surface area contributed by atoms with Gasteiger partial charge in [-0.1, -0.05) is 6.58 Å². The molecule has 0 aliphatic heterocycles. The number of carbonyl (C=O) groups excluding carboxylic acids is 1. The van der Waals surface area contributed by atoms with Gasteiger partial charge in [0, 0.05) is 19.2 Å². The molecule has 1 unspecified atom stereocenters. The fraction of sp³-hybridized carbons (Fsp3) is 0.667. The normalized spacial score (nSPS) is 13.3. The van der Waals surface area contributed by atoms with Crippen molar-refractivity contribution < 1.29 is 17.8 Å². The number of amides is 1. The lowest BCUT2D eigenvalue weighted by atomic mass is 10.2. The Bertz CT molecular complexity index is 347. The van der Waals surface area contributed by atoms with Gasteiger partial charge in [-0.25, -0.2) is 0 Å².